The quantitative estimate of drug-likeness (QED) is 0.581. The number of carbonyl (C=O) groups excluding carboxylic acids is 1. The zero-order valence-corrected chi connectivity index (χ0v) is 6.92. The molecule has 1 atom stereocenters. The summed E-state index contributed by atoms with van der Waals surface area (Å²) in [6.07, 6.45) is 7.02. The molecule has 3 aliphatic rings. The number of aliphatic hydroxyl groups excluding tert-OH is 1. The van der Waals surface area contributed by atoms with Crippen molar-refractivity contribution in [2.24, 2.45) is 10.8 Å². The van der Waals surface area contributed by atoms with E-state index < -0.39 is 0 Å². The molecule has 2 nitrogen and oxygen atoms in total. The van der Waals surface area contributed by atoms with E-state index in [1.807, 2.05) is 0 Å². The molecule has 3 rings (SSSR count). The highest BCUT2D eigenvalue weighted by Gasteiger charge is 2.72. The van der Waals surface area contributed by atoms with Gasteiger partial charge in [-0.25, -0.2) is 0 Å². The van der Waals surface area contributed by atoms with Gasteiger partial charge in [-0.1, -0.05) is 6.08 Å². The second-order valence-electron chi connectivity index (χ2n) is 4.41. The van der Waals surface area contributed by atoms with Crippen molar-refractivity contribution in [3.63, 3.8) is 0 Å². The number of rotatable bonds is 0. The first-order valence-electron chi connectivity index (χ1n) is 4.62. The van der Waals surface area contributed by atoms with E-state index in [0.29, 0.717) is 0 Å². The number of fused-ring (bicyclic) bond motifs is 1. The van der Waals surface area contributed by atoms with Crippen molar-refractivity contribution >= 4 is 5.78 Å². The molecule has 0 aromatic carbocycles. The Hall–Kier alpha value is -0.630. The fourth-order valence-electron chi connectivity index (χ4n) is 2.83. The van der Waals surface area contributed by atoms with E-state index in [1.54, 1.807) is 12.2 Å². The Bertz CT molecular complexity index is 282. The van der Waals surface area contributed by atoms with Gasteiger partial charge in [-0.3, -0.25) is 4.79 Å². The molecule has 0 aromatic rings. The summed E-state index contributed by atoms with van der Waals surface area (Å²) in [5, 5.41) is 9.75. The molecule has 0 saturated heterocycles. The molecule has 0 heterocycles. The first-order valence-corrected chi connectivity index (χ1v) is 4.62. The van der Waals surface area contributed by atoms with Gasteiger partial charge in [-0.15, -0.1) is 0 Å². The Morgan fingerprint density at radius 2 is 2.00 bits per heavy atom. The average Bonchev–Trinajstić information content (AvgIpc) is 2.83. The predicted molar refractivity (Wildman–Crippen MR) is 43.5 cm³/mol. The van der Waals surface area contributed by atoms with Crippen LogP contribution in [-0.2, 0) is 4.79 Å². The molecule has 64 valence electrons. The Morgan fingerprint density at radius 1 is 1.33 bits per heavy atom. The minimum Gasteiger partial charge on any atom is -0.388 e. The van der Waals surface area contributed by atoms with Crippen molar-refractivity contribution in [2.45, 2.75) is 31.8 Å². The lowest BCUT2D eigenvalue weighted by Crippen LogP contribution is -2.38. The summed E-state index contributed by atoms with van der Waals surface area (Å²) in [4.78, 5) is 11.6. The molecular weight excluding hydrogens is 152 g/mol. The maximum Gasteiger partial charge on any atom is 0.162 e. The number of allylic oxidation sites excluding steroid dienone is 1. The molecule has 0 radical (unpaired) electrons. The summed E-state index contributed by atoms with van der Waals surface area (Å²) < 4.78 is 0. The largest absolute Gasteiger partial charge is 0.388 e. The number of ketones is 1. The maximum atomic E-state index is 11.6. The summed E-state index contributed by atoms with van der Waals surface area (Å²) in [5.74, 6) is 0.269. The molecule has 1 unspecified atom stereocenters. The second-order valence-corrected chi connectivity index (χ2v) is 4.41. The monoisotopic (exact) mass is 164 g/mol. The molecule has 0 bridgehead atoms. The maximum absolute atomic E-state index is 11.6. The number of hydrogen-bond acceptors (Lipinski definition) is 2. The van der Waals surface area contributed by atoms with E-state index in [0.717, 1.165) is 25.7 Å². The van der Waals surface area contributed by atoms with E-state index in [4.69, 9.17) is 0 Å². The van der Waals surface area contributed by atoms with Gasteiger partial charge in [0.2, 0.25) is 0 Å². The SMILES string of the molecule is O=C1C=CC(O)C2(CC2)C12CC2. The van der Waals surface area contributed by atoms with Gasteiger partial charge in [0, 0.05) is 10.8 Å². The molecule has 2 fully saturated rings. The van der Waals surface area contributed by atoms with E-state index in [-0.39, 0.29) is 22.7 Å². The summed E-state index contributed by atoms with van der Waals surface area (Å²) in [6.45, 7) is 0. The van der Waals surface area contributed by atoms with Crippen LogP contribution < -0.4 is 0 Å². The van der Waals surface area contributed by atoms with Crippen molar-refractivity contribution in [2.75, 3.05) is 0 Å². The Labute approximate surface area is 71.3 Å². The predicted octanol–water partition coefficient (Wildman–Crippen LogP) is 1.05. The third kappa shape index (κ3) is 0.525. The van der Waals surface area contributed by atoms with Gasteiger partial charge in [-0.2, -0.15) is 0 Å². The molecule has 2 spiro atoms. The molecule has 3 aliphatic carbocycles. The van der Waals surface area contributed by atoms with Gasteiger partial charge in [0.05, 0.1) is 6.10 Å². The lowest BCUT2D eigenvalue weighted by molar-refractivity contribution is -0.125. The van der Waals surface area contributed by atoms with Gasteiger partial charge < -0.3 is 5.11 Å². The summed E-state index contributed by atoms with van der Waals surface area (Å²) in [5.41, 5.74) is -0.125. The molecule has 1 N–H and O–H groups in total. The first-order chi connectivity index (χ1) is 5.71. The Balaban J connectivity index is 2.10. The third-order valence-electron chi connectivity index (χ3n) is 3.96. The van der Waals surface area contributed by atoms with Crippen LogP contribution in [-0.4, -0.2) is 17.0 Å². The highest BCUT2D eigenvalue weighted by atomic mass is 16.3. The molecular formula is C10H12O2. The van der Waals surface area contributed by atoms with Crippen LogP contribution in [0.4, 0.5) is 0 Å². The topological polar surface area (TPSA) is 37.3 Å². The van der Waals surface area contributed by atoms with Crippen LogP contribution in [0.1, 0.15) is 25.7 Å². The highest BCUT2D eigenvalue weighted by molar-refractivity contribution is 5.99. The van der Waals surface area contributed by atoms with Crippen molar-refractivity contribution in [3.8, 4) is 0 Å². The molecule has 2 heteroatoms. The zero-order valence-electron chi connectivity index (χ0n) is 6.92. The van der Waals surface area contributed by atoms with E-state index in [1.165, 1.54) is 0 Å². The lowest BCUT2D eigenvalue weighted by atomic mass is 9.74. The van der Waals surface area contributed by atoms with Gasteiger partial charge >= 0.3 is 0 Å². The smallest absolute Gasteiger partial charge is 0.162 e. The second kappa shape index (κ2) is 1.67. The van der Waals surface area contributed by atoms with Crippen LogP contribution in [0.15, 0.2) is 12.2 Å². The van der Waals surface area contributed by atoms with E-state index in [2.05, 4.69) is 0 Å². The third-order valence-corrected chi connectivity index (χ3v) is 3.96. The lowest BCUT2D eigenvalue weighted by Gasteiger charge is -2.31. The van der Waals surface area contributed by atoms with E-state index >= 15 is 0 Å². The van der Waals surface area contributed by atoms with Crippen LogP contribution >= 0.6 is 0 Å². The number of hydrogen-bond donors (Lipinski definition) is 1. The van der Waals surface area contributed by atoms with Gasteiger partial charge in [0.1, 0.15) is 0 Å². The molecule has 2 saturated carbocycles. The molecule has 0 aromatic heterocycles. The normalized spacial score (nSPS) is 39.1. The molecule has 0 amide bonds. The number of aliphatic hydroxyl groups is 1. The number of carbonyl (C=O) groups is 1. The Morgan fingerprint density at radius 3 is 2.42 bits per heavy atom. The van der Waals surface area contributed by atoms with Crippen molar-refractivity contribution < 1.29 is 9.90 Å². The first kappa shape index (κ1) is 6.84. The van der Waals surface area contributed by atoms with Crippen LogP contribution in [0, 0.1) is 10.8 Å². The summed E-state index contributed by atoms with van der Waals surface area (Å²) in [6, 6.07) is 0. The molecule has 12 heavy (non-hydrogen) atoms. The zero-order chi connectivity index (χ0) is 8.40. The van der Waals surface area contributed by atoms with E-state index in [9.17, 15) is 9.90 Å². The average molecular weight is 164 g/mol. The summed E-state index contributed by atoms with van der Waals surface area (Å²) in [7, 11) is 0. The Kier molecular flexibility index (Phi) is 0.950. The van der Waals surface area contributed by atoms with Gasteiger partial charge in [-0.05, 0) is 31.8 Å². The fourth-order valence-corrected chi connectivity index (χ4v) is 2.83. The van der Waals surface area contributed by atoms with Crippen LogP contribution in [0.5, 0.6) is 0 Å². The van der Waals surface area contributed by atoms with Crippen LogP contribution in [0.25, 0.3) is 0 Å². The fraction of sp³-hybridized carbons (Fsp3) is 0.700. The van der Waals surface area contributed by atoms with Crippen molar-refractivity contribution in [3.05, 3.63) is 12.2 Å². The minimum atomic E-state index is -0.349. The van der Waals surface area contributed by atoms with Gasteiger partial charge in [0.15, 0.2) is 5.78 Å². The summed E-state index contributed by atoms with van der Waals surface area (Å²) >= 11 is 0. The van der Waals surface area contributed by atoms with Gasteiger partial charge in [0.25, 0.3) is 0 Å². The molecule has 0 aliphatic heterocycles. The minimum absolute atomic E-state index is 0.0150. The van der Waals surface area contributed by atoms with Crippen molar-refractivity contribution in [1.29, 1.82) is 0 Å². The van der Waals surface area contributed by atoms with Crippen LogP contribution in [0.2, 0.25) is 0 Å². The standard InChI is InChI=1S/C10H12O2/c11-7-1-2-8(12)10(5-6-10)9(7)3-4-9/h1-2,7,11H,3-6H2. The highest BCUT2D eigenvalue weighted by Crippen LogP contribution is 2.73. The van der Waals surface area contributed by atoms with Crippen LogP contribution in [0.3, 0.4) is 0 Å². The van der Waals surface area contributed by atoms with Crippen molar-refractivity contribution in [1.82, 2.24) is 0 Å².